The molecule has 0 fully saturated rings. The van der Waals surface area contributed by atoms with Gasteiger partial charge in [0.2, 0.25) is 5.78 Å². The number of nitriles is 1. The topological polar surface area (TPSA) is 71.8 Å². The predicted octanol–water partition coefficient (Wildman–Crippen LogP) is 5.24. The van der Waals surface area contributed by atoms with Gasteiger partial charge in [-0.25, -0.2) is 4.68 Å². The first-order chi connectivity index (χ1) is 12.9. The lowest BCUT2D eigenvalue weighted by atomic mass is 10.0. The summed E-state index contributed by atoms with van der Waals surface area (Å²) in [6.45, 7) is 3.81. The number of aryl methyl sites for hydroxylation is 2. The third kappa shape index (κ3) is 3.82. The maximum absolute atomic E-state index is 12.6. The molecule has 0 aliphatic carbocycles. The van der Waals surface area contributed by atoms with Gasteiger partial charge in [0.15, 0.2) is 0 Å². The van der Waals surface area contributed by atoms with E-state index in [1.54, 1.807) is 24.6 Å². The highest BCUT2D eigenvalue weighted by atomic mass is 35.5. The second-order valence-corrected chi connectivity index (χ2v) is 6.69. The SMILES string of the molecule is Cc1nn(Cc2ccccc2Cl)c(Cl)c1/C=C(\C#N)C(=O)c1ccoc1C. The fourth-order valence-corrected chi connectivity index (χ4v) is 3.17. The Morgan fingerprint density at radius 3 is 2.67 bits per heavy atom. The number of halogens is 2. The lowest BCUT2D eigenvalue weighted by Gasteiger charge is -2.05. The van der Waals surface area contributed by atoms with Gasteiger partial charge in [-0.05, 0) is 37.6 Å². The largest absolute Gasteiger partial charge is 0.469 e. The quantitative estimate of drug-likeness (QED) is 0.334. The number of benzene rings is 1. The van der Waals surface area contributed by atoms with Crippen LogP contribution in [-0.4, -0.2) is 15.6 Å². The first-order valence-corrected chi connectivity index (χ1v) is 8.85. The van der Waals surface area contributed by atoms with Crippen molar-refractivity contribution in [3.63, 3.8) is 0 Å². The summed E-state index contributed by atoms with van der Waals surface area (Å²) in [7, 11) is 0. The van der Waals surface area contributed by atoms with E-state index in [1.807, 2.05) is 24.3 Å². The Morgan fingerprint density at radius 1 is 1.30 bits per heavy atom. The van der Waals surface area contributed by atoms with Crippen molar-refractivity contribution in [1.82, 2.24) is 9.78 Å². The van der Waals surface area contributed by atoms with Crippen LogP contribution in [0, 0.1) is 25.2 Å². The molecule has 0 saturated heterocycles. The minimum atomic E-state index is -0.418. The zero-order chi connectivity index (χ0) is 19.6. The molecule has 136 valence electrons. The number of Topliss-reactive ketones (excluding diaryl/α,β-unsaturated/α-hetero) is 1. The summed E-state index contributed by atoms with van der Waals surface area (Å²) < 4.78 is 6.74. The van der Waals surface area contributed by atoms with Gasteiger partial charge in [0.1, 0.15) is 22.6 Å². The molecule has 0 atom stereocenters. The van der Waals surface area contributed by atoms with Crippen LogP contribution in [-0.2, 0) is 6.54 Å². The van der Waals surface area contributed by atoms with Crippen LogP contribution in [0.5, 0.6) is 0 Å². The molecule has 0 bridgehead atoms. The van der Waals surface area contributed by atoms with Crippen LogP contribution in [0.15, 0.2) is 46.6 Å². The van der Waals surface area contributed by atoms with Crippen molar-refractivity contribution in [3.05, 3.63) is 80.5 Å². The van der Waals surface area contributed by atoms with E-state index < -0.39 is 5.78 Å². The monoisotopic (exact) mass is 399 g/mol. The van der Waals surface area contributed by atoms with Crippen LogP contribution in [0.4, 0.5) is 0 Å². The van der Waals surface area contributed by atoms with Crippen molar-refractivity contribution in [2.75, 3.05) is 0 Å². The number of rotatable bonds is 5. The number of nitrogens with zero attached hydrogens (tertiary/aromatic N) is 3. The summed E-state index contributed by atoms with van der Waals surface area (Å²) >= 11 is 12.7. The van der Waals surface area contributed by atoms with E-state index in [2.05, 4.69) is 5.10 Å². The molecular formula is C20H15Cl2N3O2. The molecule has 0 N–H and O–H groups in total. The molecule has 0 saturated carbocycles. The van der Waals surface area contributed by atoms with Crippen molar-refractivity contribution >= 4 is 35.1 Å². The summed E-state index contributed by atoms with van der Waals surface area (Å²) in [5, 5.41) is 14.8. The highest BCUT2D eigenvalue weighted by molar-refractivity contribution is 6.32. The maximum atomic E-state index is 12.6. The Kier molecular flexibility index (Phi) is 5.50. The van der Waals surface area contributed by atoms with Crippen molar-refractivity contribution in [1.29, 1.82) is 5.26 Å². The zero-order valence-corrected chi connectivity index (χ0v) is 16.2. The molecule has 0 aliphatic rings. The number of aromatic nitrogens is 2. The molecule has 1 aromatic carbocycles. The fourth-order valence-electron chi connectivity index (χ4n) is 2.68. The molecule has 0 amide bonds. The van der Waals surface area contributed by atoms with Gasteiger partial charge in [0.25, 0.3) is 0 Å². The van der Waals surface area contributed by atoms with E-state index >= 15 is 0 Å². The van der Waals surface area contributed by atoms with Gasteiger partial charge in [-0.1, -0.05) is 41.4 Å². The highest BCUT2D eigenvalue weighted by Crippen LogP contribution is 2.26. The molecule has 7 heteroatoms. The first-order valence-electron chi connectivity index (χ1n) is 8.09. The van der Waals surface area contributed by atoms with Crippen LogP contribution in [0.25, 0.3) is 6.08 Å². The second kappa shape index (κ2) is 7.83. The molecule has 0 unspecified atom stereocenters. The maximum Gasteiger partial charge on any atom is 0.207 e. The zero-order valence-electron chi connectivity index (χ0n) is 14.7. The average Bonchev–Trinajstić information content (AvgIpc) is 3.18. The number of carbonyl (C=O) groups excluding carboxylic acids is 1. The van der Waals surface area contributed by atoms with Crippen LogP contribution in [0.1, 0.15) is 32.9 Å². The summed E-state index contributed by atoms with van der Waals surface area (Å²) in [6.07, 6.45) is 2.87. The van der Waals surface area contributed by atoms with Crippen LogP contribution < -0.4 is 0 Å². The normalized spacial score (nSPS) is 11.4. The smallest absolute Gasteiger partial charge is 0.207 e. The van der Waals surface area contributed by atoms with Crippen molar-refractivity contribution in [3.8, 4) is 6.07 Å². The number of allylic oxidation sites excluding steroid dienone is 1. The van der Waals surface area contributed by atoms with Gasteiger partial charge in [-0.3, -0.25) is 4.79 Å². The molecular weight excluding hydrogens is 385 g/mol. The standard InChI is InChI=1S/C20H15Cl2N3O2/c1-12-17(9-15(10-23)19(26)16-7-8-27-13(16)2)20(22)25(24-12)11-14-5-3-4-6-18(14)21/h3-9H,11H2,1-2H3/b15-9+. The van der Waals surface area contributed by atoms with E-state index in [4.69, 9.17) is 27.6 Å². The molecule has 0 aliphatic heterocycles. The Bertz CT molecular complexity index is 1090. The van der Waals surface area contributed by atoms with E-state index in [0.29, 0.717) is 39.3 Å². The summed E-state index contributed by atoms with van der Waals surface area (Å²) in [6, 6.07) is 10.9. The van der Waals surface area contributed by atoms with Crippen LogP contribution >= 0.6 is 23.2 Å². The van der Waals surface area contributed by atoms with Crippen molar-refractivity contribution in [2.24, 2.45) is 0 Å². The van der Waals surface area contributed by atoms with E-state index in [-0.39, 0.29) is 5.57 Å². The van der Waals surface area contributed by atoms with Gasteiger partial charge in [-0.15, -0.1) is 0 Å². The fraction of sp³-hybridized carbons (Fsp3) is 0.150. The Morgan fingerprint density at radius 2 is 2.04 bits per heavy atom. The minimum absolute atomic E-state index is 0.0400. The van der Waals surface area contributed by atoms with E-state index in [0.717, 1.165) is 5.56 Å². The average molecular weight is 400 g/mol. The summed E-state index contributed by atoms with van der Waals surface area (Å²) in [5.41, 5.74) is 2.30. The second-order valence-electron chi connectivity index (χ2n) is 5.93. The Hall–Kier alpha value is -2.81. The molecule has 3 aromatic rings. The van der Waals surface area contributed by atoms with Crippen molar-refractivity contribution < 1.29 is 9.21 Å². The lowest BCUT2D eigenvalue weighted by Crippen LogP contribution is -2.03. The number of hydrogen-bond acceptors (Lipinski definition) is 4. The molecule has 2 heterocycles. The predicted molar refractivity (Wildman–Crippen MR) is 104 cm³/mol. The summed E-state index contributed by atoms with van der Waals surface area (Å²) in [4.78, 5) is 12.6. The number of hydrogen-bond donors (Lipinski definition) is 0. The molecule has 5 nitrogen and oxygen atoms in total. The van der Waals surface area contributed by atoms with E-state index in [9.17, 15) is 10.1 Å². The molecule has 27 heavy (non-hydrogen) atoms. The summed E-state index contributed by atoms with van der Waals surface area (Å²) in [5.74, 6) is 0.0384. The van der Waals surface area contributed by atoms with Gasteiger partial charge in [0.05, 0.1) is 24.1 Å². The van der Waals surface area contributed by atoms with Gasteiger partial charge in [-0.2, -0.15) is 10.4 Å². The van der Waals surface area contributed by atoms with Crippen molar-refractivity contribution in [2.45, 2.75) is 20.4 Å². The van der Waals surface area contributed by atoms with Crippen LogP contribution in [0.2, 0.25) is 10.2 Å². The van der Waals surface area contributed by atoms with Gasteiger partial charge < -0.3 is 4.42 Å². The first kappa shape index (κ1) is 19.0. The van der Waals surface area contributed by atoms with Crippen LogP contribution in [0.3, 0.4) is 0 Å². The number of ketones is 1. The third-order valence-corrected chi connectivity index (χ3v) is 4.91. The molecule has 3 rings (SSSR count). The number of furan rings is 1. The van der Waals surface area contributed by atoms with Gasteiger partial charge in [0, 0.05) is 10.6 Å². The Labute approximate surface area is 166 Å². The highest BCUT2D eigenvalue weighted by Gasteiger charge is 2.19. The third-order valence-electron chi connectivity index (χ3n) is 4.14. The Balaban J connectivity index is 1.97. The lowest BCUT2D eigenvalue weighted by molar-refractivity contribution is 0.103. The molecule has 2 aromatic heterocycles. The number of carbonyl (C=O) groups is 1. The molecule has 0 radical (unpaired) electrons. The van der Waals surface area contributed by atoms with E-state index in [1.165, 1.54) is 18.4 Å². The van der Waals surface area contributed by atoms with Gasteiger partial charge >= 0.3 is 0 Å². The minimum Gasteiger partial charge on any atom is -0.469 e. The molecule has 0 spiro atoms.